The highest BCUT2D eigenvalue weighted by Gasteiger charge is 2.11. The number of halogens is 2. The van der Waals surface area contributed by atoms with Crippen LogP contribution in [0.1, 0.15) is 19.9 Å². The Hall–Kier alpha value is -0.420. The molecule has 5 heteroatoms. The van der Waals surface area contributed by atoms with Gasteiger partial charge in [-0.15, -0.1) is 0 Å². The van der Waals surface area contributed by atoms with Crippen LogP contribution in [0, 0.1) is 0 Å². The van der Waals surface area contributed by atoms with Crippen LogP contribution in [-0.4, -0.2) is 14.8 Å². The van der Waals surface area contributed by atoms with Crippen molar-refractivity contribution in [2.45, 2.75) is 19.9 Å². The third-order valence-electron chi connectivity index (χ3n) is 1.97. The third-order valence-corrected chi connectivity index (χ3v) is 2.94. The fraction of sp³-hybridized carbons (Fsp3) is 0.333. The lowest BCUT2D eigenvalue weighted by Crippen LogP contribution is -2.02. The molecule has 0 N–H and O–H groups in total. The summed E-state index contributed by atoms with van der Waals surface area (Å²) < 4.78 is 3.58. The Labute approximate surface area is 98.8 Å². The molecule has 0 aliphatic rings. The summed E-state index contributed by atoms with van der Waals surface area (Å²) in [5, 5.41) is 4.38. The zero-order valence-electron chi connectivity index (χ0n) is 7.83. The molecule has 2 aromatic heterocycles. The topological polar surface area (TPSA) is 30.7 Å². The maximum atomic E-state index is 4.38. The standard InChI is InChI=1S/C9H9Br2N3/c1-5(2)14-6-3-4-7(10)12-8(6)9(11)13-14/h3-5H,1-2H3. The summed E-state index contributed by atoms with van der Waals surface area (Å²) in [6.45, 7) is 4.20. The van der Waals surface area contributed by atoms with E-state index >= 15 is 0 Å². The third kappa shape index (κ3) is 1.59. The van der Waals surface area contributed by atoms with Crippen LogP contribution < -0.4 is 0 Å². The van der Waals surface area contributed by atoms with Crippen molar-refractivity contribution in [2.75, 3.05) is 0 Å². The van der Waals surface area contributed by atoms with E-state index in [1.807, 2.05) is 16.8 Å². The average Bonchev–Trinajstić information content (AvgIpc) is 2.44. The number of pyridine rings is 1. The molecule has 2 aromatic rings. The molecule has 0 aromatic carbocycles. The fourth-order valence-electron chi connectivity index (χ4n) is 1.35. The van der Waals surface area contributed by atoms with Crippen molar-refractivity contribution in [3.8, 4) is 0 Å². The molecule has 2 rings (SSSR count). The summed E-state index contributed by atoms with van der Waals surface area (Å²) >= 11 is 6.75. The minimum Gasteiger partial charge on any atom is -0.260 e. The molecule has 0 aliphatic heterocycles. The second-order valence-corrected chi connectivity index (χ2v) is 4.89. The van der Waals surface area contributed by atoms with Crippen LogP contribution in [-0.2, 0) is 0 Å². The first-order chi connectivity index (χ1) is 6.59. The van der Waals surface area contributed by atoms with Crippen molar-refractivity contribution in [1.82, 2.24) is 14.8 Å². The molecule has 0 bridgehead atoms. The molecule has 0 unspecified atom stereocenters. The molecule has 0 spiro atoms. The Balaban J connectivity index is 2.77. The van der Waals surface area contributed by atoms with Crippen molar-refractivity contribution in [1.29, 1.82) is 0 Å². The molecular formula is C9H9Br2N3. The summed E-state index contributed by atoms with van der Waals surface area (Å²) in [5.74, 6) is 0. The zero-order chi connectivity index (χ0) is 10.3. The molecule has 14 heavy (non-hydrogen) atoms. The largest absolute Gasteiger partial charge is 0.260 e. The van der Waals surface area contributed by atoms with Crippen LogP contribution >= 0.6 is 31.9 Å². The van der Waals surface area contributed by atoms with Crippen molar-refractivity contribution >= 4 is 42.9 Å². The molecule has 2 heterocycles. The van der Waals surface area contributed by atoms with Crippen LogP contribution in [0.3, 0.4) is 0 Å². The van der Waals surface area contributed by atoms with Gasteiger partial charge in [0.05, 0.1) is 5.52 Å². The Morgan fingerprint density at radius 1 is 1.29 bits per heavy atom. The minimum absolute atomic E-state index is 0.340. The summed E-state index contributed by atoms with van der Waals surface area (Å²) in [6.07, 6.45) is 0. The minimum atomic E-state index is 0.340. The van der Waals surface area contributed by atoms with Gasteiger partial charge in [-0.25, -0.2) is 4.98 Å². The number of fused-ring (bicyclic) bond motifs is 1. The maximum absolute atomic E-state index is 4.38. The quantitative estimate of drug-likeness (QED) is 0.753. The van der Waals surface area contributed by atoms with Crippen molar-refractivity contribution in [2.24, 2.45) is 0 Å². The van der Waals surface area contributed by atoms with Gasteiger partial charge in [0.25, 0.3) is 0 Å². The van der Waals surface area contributed by atoms with E-state index < -0.39 is 0 Å². The van der Waals surface area contributed by atoms with Gasteiger partial charge in [0, 0.05) is 6.04 Å². The number of rotatable bonds is 1. The van der Waals surface area contributed by atoms with Gasteiger partial charge in [0.1, 0.15) is 10.1 Å². The van der Waals surface area contributed by atoms with E-state index in [9.17, 15) is 0 Å². The zero-order valence-corrected chi connectivity index (χ0v) is 11.0. The van der Waals surface area contributed by atoms with E-state index in [4.69, 9.17) is 0 Å². The highest BCUT2D eigenvalue weighted by molar-refractivity contribution is 9.10. The molecule has 74 valence electrons. The van der Waals surface area contributed by atoms with Gasteiger partial charge in [-0.3, -0.25) is 4.68 Å². The fourth-order valence-corrected chi connectivity index (χ4v) is 2.13. The predicted molar refractivity (Wildman–Crippen MR) is 63.3 cm³/mol. The van der Waals surface area contributed by atoms with Crippen LogP contribution in [0.2, 0.25) is 0 Å². The number of hydrogen-bond donors (Lipinski definition) is 0. The Morgan fingerprint density at radius 3 is 2.64 bits per heavy atom. The average molecular weight is 319 g/mol. The molecule has 0 radical (unpaired) electrons. The monoisotopic (exact) mass is 317 g/mol. The normalized spacial score (nSPS) is 11.5. The summed E-state index contributed by atoms with van der Waals surface area (Å²) in [6, 6.07) is 4.28. The molecule has 0 saturated heterocycles. The number of hydrogen-bond acceptors (Lipinski definition) is 2. The van der Waals surface area contributed by atoms with Gasteiger partial charge in [0.2, 0.25) is 0 Å². The lowest BCUT2D eigenvalue weighted by molar-refractivity contribution is 0.548. The highest BCUT2D eigenvalue weighted by Crippen LogP contribution is 2.25. The second kappa shape index (κ2) is 3.62. The van der Waals surface area contributed by atoms with E-state index in [0.717, 1.165) is 20.2 Å². The molecule has 3 nitrogen and oxygen atoms in total. The first-order valence-corrected chi connectivity index (χ1v) is 5.88. The van der Waals surface area contributed by atoms with Crippen LogP contribution in [0.5, 0.6) is 0 Å². The lowest BCUT2D eigenvalue weighted by atomic mass is 10.3. The smallest absolute Gasteiger partial charge is 0.154 e. The summed E-state index contributed by atoms with van der Waals surface area (Å²) in [4.78, 5) is 4.36. The molecule has 0 saturated carbocycles. The highest BCUT2D eigenvalue weighted by atomic mass is 79.9. The van der Waals surface area contributed by atoms with Gasteiger partial charge in [0.15, 0.2) is 4.60 Å². The predicted octanol–water partition coefficient (Wildman–Crippen LogP) is 3.54. The molecular weight excluding hydrogens is 310 g/mol. The maximum Gasteiger partial charge on any atom is 0.154 e. The van der Waals surface area contributed by atoms with Gasteiger partial charge < -0.3 is 0 Å². The molecule has 0 fully saturated rings. The Morgan fingerprint density at radius 2 is 2.00 bits per heavy atom. The van der Waals surface area contributed by atoms with Gasteiger partial charge >= 0.3 is 0 Å². The van der Waals surface area contributed by atoms with Crippen LogP contribution in [0.4, 0.5) is 0 Å². The van der Waals surface area contributed by atoms with E-state index in [1.54, 1.807) is 0 Å². The lowest BCUT2D eigenvalue weighted by Gasteiger charge is -2.05. The first kappa shape index (κ1) is 10.1. The van der Waals surface area contributed by atoms with Crippen LogP contribution in [0.15, 0.2) is 21.3 Å². The number of nitrogens with zero attached hydrogens (tertiary/aromatic N) is 3. The van der Waals surface area contributed by atoms with Gasteiger partial charge in [-0.1, -0.05) is 0 Å². The SMILES string of the molecule is CC(C)n1nc(Br)c2nc(Br)ccc21. The van der Waals surface area contributed by atoms with Crippen molar-refractivity contribution in [3.05, 3.63) is 21.3 Å². The Kier molecular flexibility index (Phi) is 2.62. The molecule has 0 atom stereocenters. The molecule has 0 aliphatic carbocycles. The number of aromatic nitrogens is 3. The second-order valence-electron chi connectivity index (χ2n) is 3.33. The van der Waals surface area contributed by atoms with E-state index in [2.05, 4.69) is 55.8 Å². The Bertz CT molecular complexity index is 476. The summed E-state index contributed by atoms with van der Waals surface area (Å²) in [7, 11) is 0. The molecule has 0 amide bonds. The van der Waals surface area contributed by atoms with Crippen molar-refractivity contribution < 1.29 is 0 Å². The van der Waals surface area contributed by atoms with Crippen LogP contribution in [0.25, 0.3) is 11.0 Å². The van der Waals surface area contributed by atoms with E-state index in [-0.39, 0.29) is 0 Å². The first-order valence-electron chi connectivity index (χ1n) is 4.30. The van der Waals surface area contributed by atoms with E-state index in [0.29, 0.717) is 6.04 Å². The van der Waals surface area contributed by atoms with Gasteiger partial charge in [-0.05, 0) is 57.8 Å². The van der Waals surface area contributed by atoms with Gasteiger partial charge in [-0.2, -0.15) is 5.10 Å². The van der Waals surface area contributed by atoms with Crippen molar-refractivity contribution in [3.63, 3.8) is 0 Å². The summed E-state index contributed by atoms with van der Waals surface area (Å²) in [5.41, 5.74) is 1.95. The van der Waals surface area contributed by atoms with E-state index in [1.165, 1.54) is 0 Å².